The van der Waals surface area contributed by atoms with Crippen molar-refractivity contribution in [3.05, 3.63) is 71.8 Å². The molecule has 0 aliphatic carbocycles. The number of carbonyl (C=O) groups is 1. The van der Waals surface area contributed by atoms with Crippen LogP contribution in [0.2, 0.25) is 19.6 Å². The zero-order chi connectivity index (χ0) is 36.1. The van der Waals surface area contributed by atoms with Crippen LogP contribution in [0.3, 0.4) is 0 Å². The molecule has 0 bridgehead atoms. The first-order valence-electron chi connectivity index (χ1n) is 18.2. The monoisotopic (exact) mass is 867 g/mol. The molecule has 5 nitrogen and oxygen atoms in total. The number of aryl methyl sites for hydroxylation is 1. The van der Waals surface area contributed by atoms with Gasteiger partial charge >= 0.3 is 0 Å². The molecule has 0 aliphatic heterocycles. The zero-order valence-corrected chi connectivity index (χ0v) is 35.7. The van der Waals surface area contributed by atoms with Crippen LogP contribution in [0.25, 0.3) is 49.1 Å². The molecule has 6 aromatic rings. The summed E-state index contributed by atoms with van der Waals surface area (Å²) >= 11 is 0. The van der Waals surface area contributed by atoms with Crippen LogP contribution in [-0.2, 0) is 31.3 Å². The normalized spacial score (nSPS) is 13.1. The number of carbonyl (C=O) groups excluding carboxylic acids is 1. The van der Waals surface area contributed by atoms with E-state index in [0.29, 0.717) is 0 Å². The molecule has 0 unspecified atom stereocenters. The number of rotatable bonds is 9. The van der Waals surface area contributed by atoms with E-state index >= 15 is 0 Å². The van der Waals surface area contributed by atoms with Crippen LogP contribution in [0.1, 0.15) is 92.2 Å². The molecule has 6 rings (SSSR count). The summed E-state index contributed by atoms with van der Waals surface area (Å²) in [6.45, 7) is 26.3. The van der Waals surface area contributed by atoms with Gasteiger partial charge in [0.25, 0.3) is 0 Å². The van der Waals surface area contributed by atoms with E-state index in [9.17, 15) is 9.90 Å². The molecule has 0 aliphatic rings. The average molecular weight is 867 g/mol. The molecule has 0 fully saturated rings. The van der Waals surface area contributed by atoms with Crippen LogP contribution in [0.5, 0.6) is 0 Å². The summed E-state index contributed by atoms with van der Waals surface area (Å²) in [6.07, 6.45) is 7.60. The van der Waals surface area contributed by atoms with E-state index in [4.69, 9.17) is 9.97 Å². The van der Waals surface area contributed by atoms with Crippen molar-refractivity contribution in [1.29, 1.82) is 0 Å². The van der Waals surface area contributed by atoms with Crippen molar-refractivity contribution >= 4 is 68.2 Å². The fraction of sp³-hybridized carbons (Fsp3) is 0.465. The predicted molar refractivity (Wildman–Crippen MR) is 212 cm³/mol. The Morgan fingerprint density at radius 1 is 0.940 bits per heavy atom. The Morgan fingerprint density at radius 2 is 1.60 bits per heavy atom. The summed E-state index contributed by atoms with van der Waals surface area (Å²) in [5, 5.41) is 16.1. The first-order valence-corrected chi connectivity index (χ1v) is 21.7. The fourth-order valence-electron chi connectivity index (χ4n) is 7.10. The Morgan fingerprint density at radius 3 is 2.18 bits per heavy atom. The van der Waals surface area contributed by atoms with Crippen molar-refractivity contribution in [1.82, 2.24) is 14.4 Å². The molecule has 0 atom stereocenters. The van der Waals surface area contributed by atoms with Crippen molar-refractivity contribution in [2.75, 3.05) is 0 Å². The van der Waals surface area contributed by atoms with Gasteiger partial charge in [0, 0.05) is 59.5 Å². The van der Waals surface area contributed by atoms with Crippen LogP contribution in [0.4, 0.5) is 0 Å². The Labute approximate surface area is 313 Å². The van der Waals surface area contributed by atoms with E-state index in [1.165, 1.54) is 44.1 Å². The summed E-state index contributed by atoms with van der Waals surface area (Å²) in [5.74, 6) is 0.437. The summed E-state index contributed by atoms with van der Waals surface area (Å²) in [6, 6.07) is 17.7. The number of aliphatic hydroxyl groups is 1. The largest absolute Gasteiger partial charge is 0.512 e. The van der Waals surface area contributed by atoms with Crippen molar-refractivity contribution in [2.24, 2.45) is 16.7 Å². The Kier molecular flexibility index (Phi) is 11.8. The number of hydrogen-bond donors (Lipinski definition) is 1. The molecule has 1 N–H and O–H groups in total. The van der Waals surface area contributed by atoms with Crippen LogP contribution < -0.4 is 5.19 Å². The number of nitrogens with zero attached hydrogens (tertiary/aromatic N) is 3. The molecule has 3 aromatic heterocycles. The number of pyridine rings is 1. The molecule has 7 heteroatoms. The second-order valence-electron chi connectivity index (χ2n) is 16.6. The maximum absolute atomic E-state index is 12.0. The first kappa shape index (κ1) is 39.7. The fourth-order valence-corrected chi connectivity index (χ4v) is 8.24. The van der Waals surface area contributed by atoms with E-state index in [-0.39, 0.29) is 48.4 Å². The third-order valence-electron chi connectivity index (χ3n) is 10.6. The minimum atomic E-state index is -1.55. The number of fused-ring (bicyclic) bond motifs is 5. The van der Waals surface area contributed by atoms with Crippen molar-refractivity contribution in [2.45, 2.75) is 114 Å². The Hall–Kier alpha value is -3.12. The average Bonchev–Trinajstić information content (AvgIpc) is 3.35. The van der Waals surface area contributed by atoms with Crippen LogP contribution in [0, 0.1) is 29.7 Å². The molecule has 0 saturated heterocycles. The maximum Gasteiger partial charge on any atom is 0.164 e. The van der Waals surface area contributed by atoms with Gasteiger partial charge in [-0.25, -0.2) is 4.98 Å². The van der Waals surface area contributed by atoms with Gasteiger partial charge in [0.15, 0.2) is 5.78 Å². The minimum Gasteiger partial charge on any atom is -0.512 e. The van der Waals surface area contributed by atoms with Gasteiger partial charge in [-0.15, -0.1) is 17.7 Å². The van der Waals surface area contributed by atoms with Gasteiger partial charge in [-0.1, -0.05) is 110 Å². The number of hydrogen-bond acceptors (Lipinski definition) is 4. The predicted octanol–water partition coefficient (Wildman–Crippen LogP) is 11.3. The molecule has 50 heavy (non-hydrogen) atoms. The van der Waals surface area contributed by atoms with Crippen molar-refractivity contribution in [3.63, 3.8) is 0 Å². The molecule has 3 aromatic carbocycles. The SMILES string of the molecule is CCC(CC)/C(O)=C/C(=O)C(C)(CC)CC.Cc1[c-]c2c3ncnc4cc([Si](C)(C)C)cc(c43)n3c4cc(CC(C)(C)C)ccc4c(c1)c23.[Ir]. The van der Waals surface area contributed by atoms with E-state index in [1.807, 2.05) is 34.6 Å². The van der Waals surface area contributed by atoms with Gasteiger partial charge < -0.3 is 9.51 Å². The molecule has 1 radical (unpaired) electrons. The Bertz CT molecular complexity index is 2180. The molecule has 0 amide bonds. The van der Waals surface area contributed by atoms with E-state index in [2.05, 4.69) is 94.2 Å². The topological polar surface area (TPSA) is 67.5 Å². The summed E-state index contributed by atoms with van der Waals surface area (Å²) < 4.78 is 2.48. The van der Waals surface area contributed by atoms with E-state index in [1.54, 1.807) is 6.33 Å². The van der Waals surface area contributed by atoms with Crippen LogP contribution >= 0.6 is 0 Å². The van der Waals surface area contributed by atoms with E-state index in [0.717, 1.165) is 59.5 Å². The smallest absolute Gasteiger partial charge is 0.164 e. The molecular weight excluding hydrogens is 811 g/mol. The Balaban J connectivity index is 0.000000284. The molecule has 0 saturated carbocycles. The van der Waals surface area contributed by atoms with Crippen molar-refractivity contribution < 1.29 is 30.0 Å². The molecule has 0 spiro atoms. The molecular formula is C43H56IrN3O2Si-. The van der Waals surface area contributed by atoms with Gasteiger partial charge in [-0.2, -0.15) is 0 Å². The second-order valence-corrected chi connectivity index (χ2v) is 21.7. The van der Waals surface area contributed by atoms with Crippen LogP contribution in [-0.4, -0.2) is 33.3 Å². The standard InChI is InChI=1S/C29H30N3Si.C14H26O2.Ir/c1-17-10-21-20-9-8-18(15-29(2,3)4)12-24(20)32-25-14-19(33(5,6)7)13-23-26(25)27(31-16-30-23)22(11-17)28(21)32;1-6-11(7-2)12(15)10-13(16)14(5,8-3)9-4;/h8-10,12-14,16H,15H2,1-7H3;10-11,15H,6-9H2,1-5H3;/q-1;;/b;12-10-;. The van der Waals surface area contributed by atoms with Gasteiger partial charge in [-0.3, -0.25) is 9.78 Å². The van der Waals surface area contributed by atoms with Gasteiger partial charge in [-0.05, 0) is 72.2 Å². The summed E-state index contributed by atoms with van der Waals surface area (Å²) in [4.78, 5) is 21.6. The first-order chi connectivity index (χ1) is 23.0. The van der Waals surface area contributed by atoms with Gasteiger partial charge in [0.05, 0.1) is 19.3 Å². The summed E-state index contributed by atoms with van der Waals surface area (Å²) in [5.41, 5.74) is 8.21. The number of aromatic nitrogens is 3. The van der Waals surface area contributed by atoms with Crippen molar-refractivity contribution in [3.8, 4) is 0 Å². The molecule has 269 valence electrons. The summed E-state index contributed by atoms with van der Waals surface area (Å²) in [7, 11) is -1.55. The quantitative estimate of drug-likeness (QED) is 0.0393. The maximum atomic E-state index is 12.0. The van der Waals surface area contributed by atoms with E-state index < -0.39 is 8.07 Å². The number of benzene rings is 3. The third kappa shape index (κ3) is 7.56. The van der Waals surface area contributed by atoms with Crippen LogP contribution in [0.15, 0.2) is 54.6 Å². The minimum absolute atomic E-state index is 0. The number of aliphatic hydroxyl groups excluding tert-OH is 1. The van der Waals surface area contributed by atoms with Gasteiger partial charge in [0.2, 0.25) is 0 Å². The zero-order valence-electron chi connectivity index (χ0n) is 32.3. The second kappa shape index (κ2) is 14.9. The van der Waals surface area contributed by atoms with Gasteiger partial charge in [0.1, 0.15) is 6.33 Å². The third-order valence-corrected chi connectivity index (χ3v) is 12.6. The number of allylic oxidation sites excluding steroid dienone is 2. The molecule has 3 heterocycles. The number of ketones is 1.